The molecule has 7 nitrogen and oxygen atoms in total. The maximum absolute atomic E-state index is 12.2. The lowest BCUT2D eigenvalue weighted by atomic mass is 10.2. The molecule has 26 heavy (non-hydrogen) atoms. The summed E-state index contributed by atoms with van der Waals surface area (Å²) in [4.78, 5) is 22.7. The highest BCUT2D eigenvalue weighted by molar-refractivity contribution is 5.89. The van der Waals surface area contributed by atoms with Crippen molar-refractivity contribution in [1.29, 1.82) is 0 Å². The van der Waals surface area contributed by atoms with E-state index in [9.17, 15) is 14.7 Å². The molecule has 142 valence electrons. The zero-order valence-corrected chi connectivity index (χ0v) is 14.8. The number of carboxylic acids is 1. The number of carboxylic acid groups (broad SMARTS) is 1. The van der Waals surface area contributed by atoms with Gasteiger partial charge in [0.2, 0.25) is 5.75 Å². The average Bonchev–Trinajstić information content (AvgIpc) is 2.61. The summed E-state index contributed by atoms with van der Waals surface area (Å²) in [5.74, 6) is -1.11. The number of hydrogen-bond donors (Lipinski definition) is 2. The van der Waals surface area contributed by atoms with Crippen LogP contribution in [0.3, 0.4) is 0 Å². The molecule has 0 fully saturated rings. The van der Waals surface area contributed by atoms with E-state index >= 15 is 0 Å². The quantitative estimate of drug-likeness (QED) is 0.462. The topological polar surface area (TPSA) is 106 Å². The van der Waals surface area contributed by atoms with Crippen LogP contribution in [-0.4, -0.2) is 29.4 Å². The first-order chi connectivity index (χ1) is 12.5. The summed E-state index contributed by atoms with van der Waals surface area (Å²) < 4.78 is 16.2. The molecule has 1 aromatic heterocycles. The molecule has 2 aromatic rings. The van der Waals surface area contributed by atoms with Gasteiger partial charge in [0.1, 0.15) is 0 Å². The van der Waals surface area contributed by atoms with E-state index in [2.05, 4.69) is 6.92 Å². The molecule has 0 spiro atoms. The number of rotatable bonds is 11. The molecule has 0 unspecified atom stereocenters. The van der Waals surface area contributed by atoms with E-state index in [1.54, 1.807) is 18.2 Å². The minimum atomic E-state index is -0.906. The third-order valence-electron chi connectivity index (χ3n) is 3.87. The van der Waals surface area contributed by atoms with E-state index in [1.807, 2.05) is 0 Å². The van der Waals surface area contributed by atoms with Crippen molar-refractivity contribution in [3.05, 3.63) is 28.6 Å². The highest BCUT2D eigenvalue weighted by Crippen LogP contribution is 2.35. The number of carbonyl (C=O) groups is 1. The Morgan fingerprint density at radius 1 is 1.12 bits per heavy atom. The third-order valence-corrected chi connectivity index (χ3v) is 3.87. The van der Waals surface area contributed by atoms with Gasteiger partial charge in [-0.05, 0) is 25.0 Å². The van der Waals surface area contributed by atoms with E-state index in [4.69, 9.17) is 19.0 Å². The minimum absolute atomic E-state index is 0.0179. The Morgan fingerprint density at radius 3 is 2.62 bits per heavy atom. The number of aliphatic carboxylic acids is 1. The first-order valence-corrected chi connectivity index (χ1v) is 8.80. The van der Waals surface area contributed by atoms with Crippen molar-refractivity contribution < 1.29 is 28.9 Å². The Morgan fingerprint density at radius 2 is 1.88 bits per heavy atom. The fourth-order valence-corrected chi connectivity index (χ4v) is 2.52. The fraction of sp³-hybridized carbons (Fsp3) is 0.474. The number of unbranched alkanes of at least 4 members (excludes halogenated alkanes) is 3. The molecule has 0 saturated heterocycles. The van der Waals surface area contributed by atoms with Crippen LogP contribution in [0.2, 0.25) is 0 Å². The second-order valence-electron chi connectivity index (χ2n) is 5.95. The van der Waals surface area contributed by atoms with Gasteiger partial charge in [0.15, 0.2) is 17.1 Å². The lowest BCUT2D eigenvalue weighted by Gasteiger charge is -2.11. The zero-order valence-electron chi connectivity index (χ0n) is 14.8. The van der Waals surface area contributed by atoms with Crippen LogP contribution in [0.25, 0.3) is 11.0 Å². The zero-order chi connectivity index (χ0) is 18.9. The van der Waals surface area contributed by atoms with Gasteiger partial charge >= 0.3 is 11.6 Å². The SMILES string of the molecule is CCCCCCOc1c(O)c2cccc(OCCCC(=O)O)c2oc1=O. The summed E-state index contributed by atoms with van der Waals surface area (Å²) in [6.45, 7) is 2.59. The fourth-order valence-electron chi connectivity index (χ4n) is 2.52. The Hall–Kier alpha value is -2.70. The Kier molecular flexibility index (Phi) is 7.32. The predicted molar refractivity (Wildman–Crippen MR) is 96.2 cm³/mol. The normalized spacial score (nSPS) is 10.8. The number of fused-ring (bicyclic) bond motifs is 1. The van der Waals surface area contributed by atoms with Crippen molar-refractivity contribution >= 4 is 16.9 Å². The monoisotopic (exact) mass is 364 g/mol. The molecule has 0 radical (unpaired) electrons. The van der Waals surface area contributed by atoms with Crippen molar-refractivity contribution in [3.63, 3.8) is 0 Å². The molecule has 0 atom stereocenters. The van der Waals surface area contributed by atoms with Crippen molar-refractivity contribution in [1.82, 2.24) is 0 Å². The molecule has 0 amide bonds. The van der Waals surface area contributed by atoms with Crippen LogP contribution in [0.4, 0.5) is 0 Å². The molecule has 0 aliphatic rings. The molecule has 0 aliphatic heterocycles. The number of aromatic hydroxyl groups is 1. The van der Waals surface area contributed by atoms with E-state index in [-0.39, 0.29) is 35.9 Å². The van der Waals surface area contributed by atoms with Crippen LogP contribution in [-0.2, 0) is 4.79 Å². The minimum Gasteiger partial charge on any atom is -0.504 e. The lowest BCUT2D eigenvalue weighted by molar-refractivity contribution is -0.137. The molecule has 1 aromatic carbocycles. The van der Waals surface area contributed by atoms with Gasteiger partial charge in [-0.2, -0.15) is 0 Å². The van der Waals surface area contributed by atoms with Crippen LogP contribution in [0, 0.1) is 0 Å². The maximum Gasteiger partial charge on any atom is 0.383 e. The van der Waals surface area contributed by atoms with Crippen LogP contribution >= 0.6 is 0 Å². The van der Waals surface area contributed by atoms with Crippen LogP contribution in [0.15, 0.2) is 27.4 Å². The second-order valence-corrected chi connectivity index (χ2v) is 5.95. The van der Waals surface area contributed by atoms with Crippen LogP contribution in [0.1, 0.15) is 45.4 Å². The third kappa shape index (κ3) is 5.15. The van der Waals surface area contributed by atoms with Crippen LogP contribution < -0.4 is 15.1 Å². The summed E-state index contributed by atoms with van der Waals surface area (Å²) in [5.41, 5.74) is -0.657. The van der Waals surface area contributed by atoms with Crippen molar-refractivity contribution in [3.8, 4) is 17.2 Å². The summed E-state index contributed by atoms with van der Waals surface area (Å²) in [7, 11) is 0. The number of hydrogen-bond acceptors (Lipinski definition) is 6. The molecule has 0 aliphatic carbocycles. The summed E-state index contributed by atoms with van der Waals surface area (Å²) >= 11 is 0. The first-order valence-electron chi connectivity index (χ1n) is 8.80. The molecule has 0 saturated carbocycles. The predicted octanol–water partition coefficient (Wildman–Crippen LogP) is 3.70. The average molecular weight is 364 g/mol. The van der Waals surface area contributed by atoms with Crippen molar-refractivity contribution in [2.75, 3.05) is 13.2 Å². The summed E-state index contributed by atoms with van der Waals surface area (Å²) in [6.07, 6.45) is 4.27. The first kappa shape index (κ1) is 19.6. The van der Waals surface area contributed by atoms with E-state index in [0.717, 1.165) is 25.7 Å². The molecule has 0 bridgehead atoms. The summed E-state index contributed by atoms with van der Waals surface area (Å²) in [5, 5.41) is 19.3. The molecule has 2 N–H and O–H groups in total. The van der Waals surface area contributed by atoms with Crippen molar-refractivity contribution in [2.24, 2.45) is 0 Å². The van der Waals surface area contributed by atoms with Gasteiger partial charge in [0, 0.05) is 6.42 Å². The second kappa shape index (κ2) is 9.70. The van der Waals surface area contributed by atoms with E-state index < -0.39 is 11.6 Å². The Labute approximate surface area is 151 Å². The van der Waals surface area contributed by atoms with Gasteiger partial charge in [-0.1, -0.05) is 32.3 Å². The summed E-state index contributed by atoms with van der Waals surface area (Å²) in [6, 6.07) is 4.85. The van der Waals surface area contributed by atoms with Gasteiger partial charge in [0.25, 0.3) is 0 Å². The smallest absolute Gasteiger partial charge is 0.383 e. The van der Waals surface area contributed by atoms with Gasteiger partial charge in [-0.15, -0.1) is 0 Å². The number of benzene rings is 1. The van der Waals surface area contributed by atoms with Gasteiger partial charge < -0.3 is 24.1 Å². The molecular weight excluding hydrogens is 340 g/mol. The molecule has 7 heteroatoms. The molecular formula is C19H24O7. The number of ether oxygens (including phenoxy) is 2. The lowest BCUT2D eigenvalue weighted by Crippen LogP contribution is -2.09. The van der Waals surface area contributed by atoms with E-state index in [1.165, 1.54) is 0 Å². The van der Waals surface area contributed by atoms with Crippen molar-refractivity contribution in [2.45, 2.75) is 45.4 Å². The Bertz CT molecular complexity index is 794. The van der Waals surface area contributed by atoms with Crippen LogP contribution in [0.5, 0.6) is 17.2 Å². The Balaban J connectivity index is 2.15. The van der Waals surface area contributed by atoms with E-state index in [0.29, 0.717) is 18.4 Å². The van der Waals surface area contributed by atoms with Gasteiger partial charge in [-0.25, -0.2) is 4.79 Å². The van der Waals surface area contributed by atoms with Gasteiger partial charge in [0.05, 0.1) is 18.6 Å². The largest absolute Gasteiger partial charge is 0.504 e. The highest BCUT2D eigenvalue weighted by Gasteiger charge is 2.18. The maximum atomic E-state index is 12.2. The number of para-hydroxylation sites is 1. The highest BCUT2D eigenvalue weighted by atomic mass is 16.5. The standard InChI is InChI=1S/C19H24O7/c1-2-3-4-5-11-25-18-16(22)13-8-6-9-14(17(13)26-19(18)23)24-12-7-10-15(20)21/h6,8-9,22H,2-5,7,10-12H2,1H3,(H,20,21). The molecule has 1 heterocycles. The van der Waals surface area contributed by atoms with Gasteiger partial charge in [-0.3, -0.25) is 4.79 Å². The molecule has 2 rings (SSSR count).